The first-order valence-corrected chi connectivity index (χ1v) is 6.99. The number of ketones is 1. The minimum absolute atomic E-state index is 0.112. The Bertz CT molecular complexity index is 382. The number of allylic oxidation sites excluding steroid dienone is 6. The third-order valence-corrected chi connectivity index (χ3v) is 3.81. The summed E-state index contributed by atoms with van der Waals surface area (Å²) < 4.78 is 0. The lowest BCUT2D eigenvalue weighted by Gasteiger charge is -2.15. The zero-order valence-electron chi connectivity index (χ0n) is 12.3. The summed E-state index contributed by atoms with van der Waals surface area (Å²) in [6, 6.07) is 0. The number of carbonyl (C=O) groups excluding carboxylic acids is 1. The third-order valence-electron chi connectivity index (χ3n) is 3.81. The second kappa shape index (κ2) is 7.35. The number of Topliss-reactive ketones (excluding diaryl/α,β-unsaturated/α-hetero) is 1. The summed E-state index contributed by atoms with van der Waals surface area (Å²) in [6.07, 6.45) is 12.1. The van der Waals surface area contributed by atoms with Crippen molar-refractivity contribution in [2.75, 3.05) is 0 Å². The van der Waals surface area contributed by atoms with Gasteiger partial charge < -0.3 is 0 Å². The second-order valence-electron chi connectivity index (χ2n) is 5.53. The topological polar surface area (TPSA) is 17.1 Å². The molecule has 0 amide bonds. The average Bonchev–Trinajstić information content (AvgIpc) is 2.27. The highest BCUT2D eigenvalue weighted by Crippen LogP contribution is 2.23. The molecular formula is C17H26O. The van der Waals surface area contributed by atoms with Gasteiger partial charge in [0, 0.05) is 5.92 Å². The molecule has 1 atom stereocenters. The summed E-state index contributed by atoms with van der Waals surface area (Å²) >= 11 is 0. The molecular weight excluding hydrogens is 220 g/mol. The molecule has 18 heavy (non-hydrogen) atoms. The van der Waals surface area contributed by atoms with Gasteiger partial charge in [0.25, 0.3) is 0 Å². The third kappa shape index (κ3) is 5.03. The first-order chi connectivity index (χ1) is 8.50. The molecule has 0 bridgehead atoms. The van der Waals surface area contributed by atoms with Crippen LogP contribution < -0.4 is 0 Å². The highest BCUT2D eigenvalue weighted by atomic mass is 16.1. The van der Waals surface area contributed by atoms with Crippen molar-refractivity contribution in [3.8, 4) is 0 Å². The molecule has 0 aromatic heterocycles. The van der Waals surface area contributed by atoms with Crippen molar-refractivity contribution in [1.29, 1.82) is 0 Å². The molecule has 1 rings (SSSR count). The van der Waals surface area contributed by atoms with Gasteiger partial charge in [-0.1, -0.05) is 34.9 Å². The van der Waals surface area contributed by atoms with Crippen LogP contribution in [0.25, 0.3) is 0 Å². The van der Waals surface area contributed by atoms with E-state index in [4.69, 9.17) is 0 Å². The number of hydrogen-bond donors (Lipinski definition) is 0. The van der Waals surface area contributed by atoms with Crippen molar-refractivity contribution < 1.29 is 4.79 Å². The van der Waals surface area contributed by atoms with Crippen LogP contribution in [0.1, 0.15) is 59.8 Å². The van der Waals surface area contributed by atoms with Gasteiger partial charge in [-0.05, 0) is 59.8 Å². The van der Waals surface area contributed by atoms with Gasteiger partial charge in [-0.15, -0.1) is 0 Å². The van der Waals surface area contributed by atoms with Gasteiger partial charge in [0.05, 0.1) is 0 Å². The first-order valence-electron chi connectivity index (χ1n) is 6.99. The van der Waals surface area contributed by atoms with E-state index in [2.05, 4.69) is 39.0 Å². The predicted octanol–water partition coefficient (Wildman–Crippen LogP) is 4.99. The lowest BCUT2D eigenvalue weighted by Crippen LogP contribution is -2.12. The van der Waals surface area contributed by atoms with Gasteiger partial charge in [-0.2, -0.15) is 0 Å². The molecule has 0 saturated heterocycles. The highest BCUT2D eigenvalue weighted by Gasteiger charge is 2.15. The Balaban J connectivity index is 2.89. The fourth-order valence-electron chi connectivity index (χ4n) is 2.46. The minimum Gasteiger partial charge on any atom is -0.299 e. The van der Waals surface area contributed by atoms with E-state index in [9.17, 15) is 4.79 Å². The Morgan fingerprint density at radius 1 is 1.06 bits per heavy atom. The Morgan fingerprint density at radius 2 is 1.72 bits per heavy atom. The summed E-state index contributed by atoms with van der Waals surface area (Å²) in [7, 11) is 0. The average molecular weight is 246 g/mol. The van der Waals surface area contributed by atoms with Gasteiger partial charge in [0.2, 0.25) is 0 Å². The number of carbonyl (C=O) groups is 1. The van der Waals surface area contributed by atoms with Gasteiger partial charge in [0.15, 0.2) is 0 Å². The minimum atomic E-state index is 0.112. The van der Waals surface area contributed by atoms with Crippen LogP contribution in [0.4, 0.5) is 0 Å². The maximum Gasteiger partial charge on any atom is 0.136 e. The smallest absolute Gasteiger partial charge is 0.136 e. The Morgan fingerprint density at radius 3 is 2.39 bits per heavy atom. The summed E-state index contributed by atoms with van der Waals surface area (Å²) in [5.41, 5.74) is 4.10. The largest absolute Gasteiger partial charge is 0.299 e. The molecule has 0 radical (unpaired) electrons. The van der Waals surface area contributed by atoms with E-state index in [0.29, 0.717) is 5.78 Å². The molecule has 1 heteroatoms. The summed E-state index contributed by atoms with van der Waals surface area (Å²) in [5, 5.41) is 0. The van der Waals surface area contributed by atoms with Gasteiger partial charge in [0.1, 0.15) is 5.78 Å². The SMILES string of the molecule is CC(=O)C1CC/C(C)=C\CC/C(C)=C\C/C=C\1C. The molecule has 1 unspecified atom stereocenters. The van der Waals surface area contributed by atoms with Crippen LogP contribution in [-0.2, 0) is 4.79 Å². The fourth-order valence-corrected chi connectivity index (χ4v) is 2.46. The monoisotopic (exact) mass is 246 g/mol. The van der Waals surface area contributed by atoms with E-state index in [1.807, 2.05) is 0 Å². The van der Waals surface area contributed by atoms with E-state index < -0.39 is 0 Å². The van der Waals surface area contributed by atoms with Crippen LogP contribution in [0, 0.1) is 5.92 Å². The zero-order chi connectivity index (χ0) is 13.5. The van der Waals surface area contributed by atoms with E-state index >= 15 is 0 Å². The van der Waals surface area contributed by atoms with Crippen LogP contribution in [-0.4, -0.2) is 5.78 Å². The van der Waals surface area contributed by atoms with E-state index in [0.717, 1.165) is 32.1 Å². The summed E-state index contributed by atoms with van der Waals surface area (Å²) in [5.74, 6) is 0.413. The van der Waals surface area contributed by atoms with Gasteiger partial charge in [-0.25, -0.2) is 0 Å². The maximum atomic E-state index is 11.7. The van der Waals surface area contributed by atoms with Crippen LogP contribution in [0.2, 0.25) is 0 Å². The Hall–Kier alpha value is -1.11. The summed E-state index contributed by atoms with van der Waals surface area (Å²) in [4.78, 5) is 11.7. The van der Waals surface area contributed by atoms with Crippen molar-refractivity contribution in [3.63, 3.8) is 0 Å². The standard InChI is InChI=1S/C17H26O/c1-13-7-5-8-14(2)11-12-17(16(4)18)15(3)10-6-9-13/h8-10,17H,5-7,11-12H2,1-4H3/b13-9-,14-8-,15-10-. The molecule has 0 aromatic carbocycles. The van der Waals surface area contributed by atoms with Gasteiger partial charge >= 0.3 is 0 Å². The molecule has 1 aliphatic rings. The Labute approximate surface area is 112 Å². The molecule has 100 valence electrons. The number of hydrogen-bond acceptors (Lipinski definition) is 1. The molecule has 0 aromatic rings. The predicted molar refractivity (Wildman–Crippen MR) is 78.5 cm³/mol. The summed E-state index contributed by atoms with van der Waals surface area (Å²) in [6.45, 7) is 8.19. The maximum absolute atomic E-state index is 11.7. The molecule has 0 heterocycles. The first kappa shape index (κ1) is 14.9. The van der Waals surface area contributed by atoms with Crippen molar-refractivity contribution in [2.24, 2.45) is 5.92 Å². The fraction of sp³-hybridized carbons (Fsp3) is 0.588. The molecule has 0 saturated carbocycles. The van der Waals surface area contributed by atoms with Crippen LogP contribution in [0.15, 0.2) is 34.9 Å². The Kier molecular flexibility index (Phi) is 6.11. The van der Waals surface area contributed by atoms with Crippen LogP contribution in [0.3, 0.4) is 0 Å². The molecule has 0 aliphatic heterocycles. The normalized spacial score (nSPS) is 31.8. The number of rotatable bonds is 1. The second-order valence-corrected chi connectivity index (χ2v) is 5.53. The van der Waals surface area contributed by atoms with E-state index in [-0.39, 0.29) is 5.92 Å². The molecule has 0 N–H and O–H groups in total. The quantitative estimate of drug-likeness (QED) is 0.595. The highest BCUT2D eigenvalue weighted by molar-refractivity contribution is 5.81. The lowest BCUT2D eigenvalue weighted by molar-refractivity contribution is -0.119. The van der Waals surface area contributed by atoms with E-state index in [1.165, 1.54) is 16.7 Å². The van der Waals surface area contributed by atoms with Gasteiger partial charge in [-0.3, -0.25) is 4.79 Å². The molecule has 0 spiro atoms. The molecule has 1 nitrogen and oxygen atoms in total. The molecule has 0 fully saturated rings. The van der Waals surface area contributed by atoms with Crippen molar-refractivity contribution in [3.05, 3.63) is 34.9 Å². The zero-order valence-corrected chi connectivity index (χ0v) is 12.3. The van der Waals surface area contributed by atoms with Crippen molar-refractivity contribution >= 4 is 5.78 Å². The van der Waals surface area contributed by atoms with Crippen LogP contribution >= 0.6 is 0 Å². The van der Waals surface area contributed by atoms with Crippen molar-refractivity contribution in [2.45, 2.75) is 59.8 Å². The lowest BCUT2D eigenvalue weighted by atomic mass is 9.89. The van der Waals surface area contributed by atoms with Crippen LogP contribution in [0.5, 0.6) is 0 Å². The van der Waals surface area contributed by atoms with Crippen molar-refractivity contribution in [1.82, 2.24) is 0 Å². The van der Waals surface area contributed by atoms with E-state index in [1.54, 1.807) is 6.92 Å². The molecule has 1 aliphatic carbocycles.